The van der Waals surface area contributed by atoms with Crippen molar-refractivity contribution in [3.63, 3.8) is 0 Å². The first-order chi connectivity index (χ1) is 9.80. The van der Waals surface area contributed by atoms with Crippen molar-refractivity contribution in [3.8, 4) is 0 Å². The minimum Gasteiger partial charge on any atom is -0.481 e. The number of carboxylic acid groups (broad SMARTS) is 1. The molecule has 1 rings (SSSR count). The Morgan fingerprint density at radius 3 is 2.57 bits per heavy atom. The molecule has 122 valence electrons. The predicted molar refractivity (Wildman–Crippen MR) is 75.7 cm³/mol. The molecule has 0 bridgehead atoms. The number of carboxylic acids is 1. The van der Waals surface area contributed by atoms with E-state index in [9.17, 15) is 18.0 Å². The van der Waals surface area contributed by atoms with Gasteiger partial charge in [-0.15, -0.1) is 0 Å². The number of aliphatic carboxylic acids is 1. The molecule has 0 spiro atoms. The summed E-state index contributed by atoms with van der Waals surface area (Å²) in [5, 5.41) is 17.7. The first kappa shape index (κ1) is 17.7. The van der Waals surface area contributed by atoms with Gasteiger partial charge < -0.3 is 20.0 Å². The van der Waals surface area contributed by atoms with Crippen LogP contribution in [-0.2, 0) is 14.6 Å². The number of hydrogen-bond acceptors (Lipinski definition) is 5. The molecule has 0 aromatic carbocycles. The van der Waals surface area contributed by atoms with Crippen molar-refractivity contribution in [2.45, 2.75) is 25.8 Å². The fourth-order valence-corrected chi connectivity index (χ4v) is 3.87. The summed E-state index contributed by atoms with van der Waals surface area (Å²) in [5.41, 5.74) is 0. The first-order valence-electron chi connectivity index (χ1n) is 6.89. The topological polar surface area (TPSA) is 115 Å². The Labute approximate surface area is 124 Å². The fourth-order valence-electron chi connectivity index (χ4n) is 2.34. The number of amides is 2. The van der Waals surface area contributed by atoms with E-state index in [0.717, 1.165) is 0 Å². The van der Waals surface area contributed by atoms with E-state index in [1.165, 1.54) is 9.80 Å². The van der Waals surface area contributed by atoms with Crippen LogP contribution in [0.3, 0.4) is 0 Å². The summed E-state index contributed by atoms with van der Waals surface area (Å²) >= 11 is 0. The quantitative estimate of drug-likeness (QED) is 0.674. The van der Waals surface area contributed by atoms with Crippen molar-refractivity contribution in [1.29, 1.82) is 0 Å². The van der Waals surface area contributed by atoms with Crippen LogP contribution in [0.15, 0.2) is 0 Å². The SMILES string of the molecule is CCN(CCCO)C(=O)N1CCS(=O)(=O)CC1CC(=O)O. The third-order valence-corrected chi connectivity index (χ3v) is 5.12. The maximum atomic E-state index is 12.4. The highest BCUT2D eigenvalue weighted by Gasteiger charge is 2.36. The molecule has 1 saturated heterocycles. The number of sulfone groups is 1. The van der Waals surface area contributed by atoms with Gasteiger partial charge in [0.1, 0.15) is 0 Å². The lowest BCUT2D eigenvalue weighted by Crippen LogP contribution is -2.56. The van der Waals surface area contributed by atoms with E-state index in [4.69, 9.17) is 10.2 Å². The molecule has 2 N–H and O–H groups in total. The molecular formula is C12H22N2O6S. The highest BCUT2D eigenvalue weighted by Crippen LogP contribution is 2.17. The molecule has 0 saturated carbocycles. The van der Waals surface area contributed by atoms with E-state index >= 15 is 0 Å². The molecule has 0 aliphatic carbocycles. The molecular weight excluding hydrogens is 300 g/mol. The van der Waals surface area contributed by atoms with E-state index in [-0.39, 0.29) is 37.1 Å². The van der Waals surface area contributed by atoms with Crippen LogP contribution in [0, 0.1) is 0 Å². The van der Waals surface area contributed by atoms with E-state index in [1.807, 2.05) is 0 Å². The van der Waals surface area contributed by atoms with Gasteiger partial charge in [-0.25, -0.2) is 13.2 Å². The van der Waals surface area contributed by atoms with Gasteiger partial charge in [-0.3, -0.25) is 4.79 Å². The Bertz CT molecular complexity index is 478. The molecule has 9 heteroatoms. The van der Waals surface area contributed by atoms with Crippen LogP contribution in [0.1, 0.15) is 19.8 Å². The van der Waals surface area contributed by atoms with Crippen LogP contribution < -0.4 is 0 Å². The van der Waals surface area contributed by atoms with Crippen LogP contribution in [0.5, 0.6) is 0 Å². The van der Waals surface area contributed by atoms with Gasteiger partial charge in [0.05, 0.1) is 24.0 Å². The minimum atomic E-state index is -3.31. The van der Waals surface area contributed by atoms with Crippen molar-refractivity contribution in [2.24, 2.45) is 0 Å². The molecule has 0 radical (unpaired) electrons. The highest BCUT2D eigenvalue weighted by molar-refractivity contribution is 7.91. The summed E-state index contributed by atoms with van der Waals surface area (Å²) in [7, 11) is -3.31. The zero-order valence-electron chi connectivity index (χ0n) is 12.1. The zero-order chi connectivity index (χ0) is 16.0. The standard InChI is InChI=1S/C12H22N2O6S/c1-2-13(4-3-6-15)12(18)14-5-7-21(19,20)9-10(14)8-11(16)17/h10,15H,2-9H2,1H3,(H,16,17). The van der Waals surface area contributed by atoms with Crippen LogP contribution in [-0.4, -0.2) is 84.2 Å². The van der Waals surface area contributed by atoms with E-state index in [0.29, 0.717) is 19.5 Å². The number of aliphatic hydroxyl groups excluding tert-OH is 1. The lowest BCUT2D eigenvalue weighted by molar-refractivity contribution is -0.138. The summed E-state index contributed by atoms with van der Waals surface area (Å²) in [4.78, 5) is 26.1. The van der Waals surface area contributed by atoms with E-state index in [1.54, 1.807) is 6.92 Å². The maximum Gasteiger partial charge on any atom is 0.320 e. The Morgan fingerprint density at radius 2 is 2.05 bits per heavy atom. The maximum absolute atomic E-state index is 12.4. The molecule has 21 heavy (non-hydrogen) atoms. The van der Waals surface area contributed by atoms with Crippen molar-refractivity contribution in [1.82, 2.24) is 9.80 Å². The molecule has 8 nitrogen and oxygen atoms in total. The van der Waals surface area contributed by atoms with Crippen LogP contribution in [0.2, 0.25) is 0 Å². The van der Waals surface area contributed by atoms with Crippen LogP contribution in [0.25, 0.3) is 0 Å². The van der Waals surface area contributed by atoms with Gasteiger partial charge >= 0.3 is 12.0 Å². The smallest absolute Gasteiger partial charge is 0.320 e. The summed E-state index contributed by atoms with van der Waals surface area (Å²) in [6.45, 7) is 2.52. The number of rotatable bonds is 6. The molecule has 1 atom stereocenters. The van der Waals surface area contributed by atoms with Crippen LogP contribution in [0.4, 0.5) is 4.79 Å². The molecule has 1 aliphatic rings. The zero-order valence-corrected chi connectivity index (χ0v) is 12.9. The summed E-state index contributed by atoms with van der Waals surface area (Å²) < 4.78 is 23.3. The molecule has 1 unspecified atom stereocenters. The number of urea groups is 1. The first-order valence-corrected chi connectivity index (χ1v) is 8.71. The number of nitrogens with zero attached hydrogens (tertiary/aromatic N) is 2. The molecule has 1 fully saturated rings. The van der Waals surface area contributed by atoms with Crippen LogP contribution >= 0.6 is 0 Å². The Kier molecular flexibility index (Phi) is 6.41. The Hall–Kier alpha value is -1.35. The average molecular weight is 322 g/mol. The Balaban J connectivity index is 2.85. The van der Waals surface area contributed by atoms with Gasteiger partial charge in [-0.1, -0.05) is 0 Å². The second-order valence-electron chi connectivity index (χ2n) is 5.00. The van der Waals surface area contributed by atoms with Crippen molar-refractivity contribution in [3.05, 3.63) is 0 Å². The molecule has 1 aliphatic heterocycles. The largest absolute Gasteiger partial charge is 0.481 e. The second kappa shape index (κ2) is 7.60. The number of aliphatic hydroxyl groups is 1. The number of carbonyl (C=O) groups is 2. The normalized spacial score (nSPS) is 21.0. The minimum absolute atomic E-state index is 0.00867. The Morgan fingerprint density at radius 1 is 1.38 bits per heavy atom. The summed E-state index contributed by atoms with van der Waals surface area (Å²) in [5.74, 6) is -1.59. The van der Waals surface area contributed by atoms with Gasteiger partial charge in [0.15, 0.2) is 9.84 Å². The monoisotopic (exact) mass is 322 g/mol. The van der Waals surface area contributed by atoms with Gasteiger partial charge in [0.25, 0.3) is 0 Å². The van der Waals surface area contributed by atoms with E-state index < -0.39 is 21.8 Å². The number of carbonyl (C=O) groups excluding carboxylic acids is 1. The highest BCUT2D eigenvalue weighted by atomic mass is 32.2. The second-order valence-corrected chi connectivity index (χ2v) is 7.23. The van der Waals surface area contributed by atoms with E-state index in [2.05, 4.69) is 0 Å². The lowest BCUT2D eigenvalue weighted by Gasteiger charge is -2.38. The van der Waals surface area contributed by atoms with Gasteiger partial charge in [-0.05, 0) is 13.3 Å². The van der Waals surface area contributed by atoms with Crippen molar-refractivity contribution in [2.75, 3.05) is 37.7 Å². The summed E-state index contributed by atoms with van der Waals surface area (Å²) in [6, 6.07) is -1.20. The van der Waals surface area contributed by atoms with Gasteiger partial charge in [-0.2, -0.15) is 0 Å². The number of hydrogen-bond donors (Lipinski definition) is 2. The fraction of sp³-hybridized carbons (Fsp3) is 0.833. The van der Waals surface area contributed by atoms with Crippen molar-refractivity contribution < 1.29 is 28.2 Å². The lowest BCUT2D eigenvalue weighted by atomic mass is 10.2. The summed E-state index contributed by atoms with van der Waals surface area (Å²) in [6.07, 6.45) is 0.0395. The van der Waals surface area contributed by atoms with Gasteiger partial charge in [0, 0.05) is 26.2 Å². The molecule has 0 aromatic rings. The predicted octanol–water partition coefficient (Wildman–Crippen LogP) is -0.616. The third kappa shape index (κ3) is 5.16. The average Bonchev–Trinajstić information content (AvgIpc) is 2.37. The third-order valence-electron chi connectivity index (χ3n) is 3.42. The van der Waals surface area contributed by atoms with Gasteiger partial charge in [0.2, 0.25) is 0 Å². The molecule has 1 heterocycles. The molecule has 0 aromatic heterocycles. The van der Waals surface area contributed by atoms with Crippen molar-refractivity contribution >= 4 is 21.8 Å². The molecule has 2 amide bonds.